The summed E-state index contributed by atoms with van der Waals surface area (Å²) in [5, 5.41) is 3.46. The number of nitrogens with one attached hydrogen (secondary N) is 1. The van der Waals surface area contributed by atoms with Crippen LogP contribution in [0.4, 0.5) is 0 Å². The van der Waals surface area contributed by atoms with Crippen LogP contribution in [-0.4, -0.2) is 15.5 Å². The summed E-state index contributed by atoms with van der Waals surface area (Å²) in [5.41, 5.74) is 1.14. The van der Waals surface area contributed by atoms with Crippen molar-refractivity contribution in [2.24, 2.45) is 0 Å². The van der Waals surface area contributed by atoms with Crippen LogP contribution in [0.2, 0.25) is 5.02 Å². The lowest BCUT2D eigenvalue weighted by molar-refractivity contribution is -0.119. The van der Waals surface area contributed by atoms with Gasteiger partial charge in [-0.25, -0.2) is 4.98 Å². The van der Waals surface area contributed by atoms with Gasteiger partial charge in [0, 0.05) is 30.9 Å². The van der Waals surface area contributed by atoms with Gasteiger partial charge in [-0.05, 0) is 17.7 Å². The zero-order valence-electron chi connectivity index (χ0n) is 10.1. The van der Waals surface area contributed by atoms with Crippen molar-refractivity contribution in [3.05, 3.63) is 53.1 Å². The Hall–Kier alpha value is -1.81. The fraction of sp³-hybridized carbons (Fsp3) is 0.231. The van der Waals surface area contributed by atoms with Crippen molar-refractivity contribution in [3.63, 3.8) is 0 Å². The monoisotopic (exact) mass is 263 g/mol. The van der Waals surface area contributed by atoms with E-state index in [0.29, 0.717) is 13.1 Å². The van der Waals surface area contributed by atoms with Crippen molar-refractivity contribution in [1.82, 2.24) is 14.9 Å². The van der Waals surface area contributed by atoms with E-state index in [1.165, 1.54) is 6.92 Å². The second-order valence-electron chi connectivity index (χ2n) is 4.01. The largest absolute Gasteiger partial charge is 0.349 e. The van der Waals surface area contributed by atoms with E-state index < -0.39 is 0 Å². The Labute approximate surface area is 111 Å². The zero-order valence-corrected chi connectivity index (χ0v) is 10.8. The number of rotatable bonds is 4. The number of benzene rings is 1. The molecule has 0 fully saturated rings. The van der Waals surface area contributed by atoms with Crippen LogP contribution in [0, 0.1) is 0 Å². The van der Waals surface area contributed by atoms with Crippen LogP contribution >= 0.6 is 11.6 Å². The number of imidazole rings is 1. The molecule has 1 N–H and O–H groups in total. The van der Waals surface area contributed by atoms with E-state index in [9.17, 15) is 4.79 Å². The normalized spacial score (nSPS) is 10.3. The summed E-state index contributed by atoms with van der Waals surface area (Å²) in [6.07, 6.45) is 3.62. The maximum Gasteiger partial charge on any atom is 0.217 e. The van der Waals surface area contributed by atoms with Gasteiger partial charge in [0.25, 0.3) is 0 Å². The highest BCUT2D eigenvalue weighted by atomic mass is 35.5. The first-order valence-corrected chi connectivity index (χ1v) is 6.02. The van der Waals surface area contributed by atoms with Crippen LogP contribution in [0.15, 0.2) is 36.7 Å². The van der Waals surface area contributed by atoms with Crippen molar-refractivity contribution in [1.29, 1.82) is 0 Å². The fourth-order valence-electron chi connectivity index (χ4n) is 1.64. The molecule has 2 aromatic rings. The number of hydrogen-bond acceptors (Lipinski definition) is 2. The first kappa shape index (κ1) is 12.6. The van der Waals surface area contributed by atoms with E-state index in [2.05, 4.69) is 10.3 Å². The standard InChI is InChI=1S/C13H14ClN3O/c1-10(18)16-8-13-15-6-7-17(13)9-11-2-4-12(14)5-3-11/h2-7H,8-9H2,1H3,(H,16,18). The first-order chi connectivity index (χ1) is 8.65. The Balaban J connectivity index is 2.07. The molecule has 0 unspecified atom stereocenters. The van der Waals surface area contributed by atoms with Gasteiger partial charge >= 0.3 is 0 Å². The van der Waals surface area contributed by atoms with Crippen LogP contribution < -0.4 is 5.32 Å². The highest BCUT2D eigenvalue weighted by molar-refractivity contribution is 6.30. The molecule has 0 radical (unpaired) electrons. The average molecular weight is 264 g/mol. The predicted octanol–water partition coefficient (Wildman–Crippen LogP) is 2.22. The van der Waals surface area contributed by atoms with Gasteiger partial charge < -0.3 is 9.88 Å². The second kappa shape index (κ2) is 5.69. The molecule has 1 aromatic heterocycles. The maximum atomic E-state index is 10.9. The van der Waals surface area contributed by atoms with Crippen LogP contribution in [0.5, 0.6) is 0 Å². The highest BCUT2D eigenvalue weighted by Crippen LogP contribution is 2.11. The van der Waals surface area contributed by atoms with Crippen molar-refractivity contribution < 1.29 is 4.79 Å². The molecule has 0 spiro atoms. The van der Waals surface area contributed by atoms with Gasteiger partial charge in [-0.2, -0.15) is 0 Å². The van der Waals surface area contributed by atoms with E-state index >= 15 is 0 Å². The third kappa shape index (κ3) is 3.34. The summed E-state index contributed by atoms with van der Waals surface area (Å²) >= 11 is 5.84. The van der Waals surface area contributed by atoms with Crippen molar-refractivity contribution in [2.75, 3.05) is 0 Å². The Morgan fingerprint density at radius 3 is 2.78 bits per heavy atom. The molecule has 1 aromatic carbocycles. The maximum absolute atomic E-state index is 10.9. The summed E-state index contributed by atoms with van der Waals surface area (Å²) in [7, 11) is 0. The first-order valence-electron chi connectivity index (χ1n) is 5.64. The Bertz CT molecular complexity index is 533. The fourth-order valence-corrected chi connectivity index (χ4v) is 1.77. The van der Waals surface area contributed by atoms with Gasteiger partial charge in [-0.3, -0.25) is 4.79 Å². The van der Waals surface area contributed by atoms with Crippen LogP contribution in [0.3, 0.4) is 0 Å². The molecule has 0 aliphatic rings. The average Bonchev–Trinajstić information content (AvgIpc) is 2.77. The van der Waals surface area contributed by atoms with Crippen molar-refractivity contribution in [3.8, 4) is 0 Å². The Kier molecular flexibility index (Phi) is 3.99. The van der Waals surface area contributed by atoms with Gasteiger partial charge in [0.1, 0.15) is 5.82 Å². The molecule has 0 saturated carbocycles. The molecule has 18 heavy (non-hydrogen) atoms. The molecule has 0 aliphatic carbocycles. The third-order valence-electron chi connectivity index (χ3n) is 2.56. The molecule has 0 aliphatic heterocycles. The molecule has 4 nitrogen and oxygen atoms in total. The SMILES string of the molecule is CC(=O)NCc1nccn1Cc1ccc(Cl)cc1. The highest BCUT2D eigenvalue weighted by Gasteiger charge is 2.04. The molecule has 1 heterocycles. The van der Waals surface area contributed by atoms with Crippen LogP contribution in [0.1, 0.15) is 18.3 Å². The summed E-state index contributed by atoms with van der Waals surface area (Å²) in [4.78, 5) is 15.1. The van der Waals surface area contributed by atoms with E-state index in [1.54, 1.807) is 6.20 Å². The summed E-state index contributed by atoms with van der Waals surface area (Å²) in [6, 6.07) is 7.68. The number of carbonyl (C=O) groups is 1. The second-order valence-corrected chi connectivity index (χ2v) is 4.44. The number of halogens is 1. The third-order valence-corrected chi connectivity index (χ3v) is 2.82. The van der Waals surface area contributed by atoms with Gasteiger partial charge in [0.05, 0.1) is 6.54 Å². The van der Waals surface area contributed by atoms with E-state index in [0.717, 1.165) is 16.4 Å². The summed E-state index contributed by atoms with van der Waals surface area (Å²) in [5.74, 6) is 0.774. The smallest absolute Gasteiger partial charge is 0.217 e. The lowest BCUT2D eigenvalue weighted by atomic mass is 10.2. The number of carbonyl (C=O) groups excluding carboxylic acids is 1. The lowest BCUT2D eigenvalue weighted by Gasteiger charge is -2.08. The molecular formula is C13H14ClN3O. The molecule has 0 bridgehead atoms. The molecule has 5 heteroatoms. The Morgan fingerprint density at radius 1 is 1.39 bits per heavy atom. The van der Waals surface area contributed by atoms with E-state index in [-0.39, 0.29) is 5.91 Å². The summed E-state index contributed by atoms with van der Waals surface area (Å²) in [6.45, 7) is 2.65. The minimum Gasteiger partial charge on any atom is -0.349 e. The van der Waals surface area contributed by atoms with Gasteiger partial charge in [-0.15, -0.1) is 0 Å². The lowest BCUT2D eigenvalue weighted by Crippen LogP contribution is -2.21. The number of amides is 1. The van der Waals surface area contributed by atoms with Gasteiger partial charge in [0.2, 0.25) is 5.91 Å². The molecule has 0 saturated heterocycles. The zero-order chi connectivity index (χ0) is 13.0. The van der Waals surface area contributed by atoms with E-state index in [1.807, 2.05) is 35.0 Å². The minimum atomic E-state index is -0.0592. The van der Waals surface area contributed by atoms with Crippen molar-refractivity contribution >= 4 is 17.5 Å². The molecule has 94 valence electrons. The number of hydrogen-bond donors (Lipinski definition) is 1. The number of nitrogens with zero attached hydrogens (tertiary/aromatic N) is 2. The number of aromatic nitrogens is 2. The molecular weight excluding hydrogens is 250 g/mol. The van der Waals surface area contributed by atoms with Gasteiger partial charge in [0.15, 0.2) is 0 Å². The van der Waals surface area contributed by atoms with E-state index in [4.69, 9.17) is 11.6 Å². The Morgan fingerprint density at radius 2 is 2.11 bits per heavy atom. The quantitative estimate of drug-likeness (QED) is 0.919. The molecule has 1 amide bonds. The summed E-state index contributed by atoms with van der Waals surface area (Å²) < 4.78 is 2.00. The topological polar surface area (TPSA) is 46.9 Å². The van der Waals surface area contributed by atoms with Crippen LogP contribution in [0.25, 0.3) is 0 Å². The molecule has 2 rings (SSSR count). The predicted molar refractivity (Wildman–Crippen MR) is 70.3 cm³/mol. The minimum absolute atomic E-state index is 0.0592. The molecule has 0 atom stereocenters. The van der Waals surface area contributed by atoms with Crippen molar-refractivity contribution in [2.45, 2.75) is 20.0 Å². The van der Waals surface area contributed by atoms with Crippen LogP contribution in [-0.2, 0) is 17.9 Å². The van der Waals surface area contributed by atoms with Gasteiger partial charge in [-0.1, -0.05) is 23.7 Å².